The van der Waals surface area contributed by atoms with E-state index in [1.54, 1.807) is 53.9 Å². The van der Waals surface area contributed by atoms with Crippen LogP contribution in [0, 0.1) is 6.07 Å². The van der Waals surface area contributed by atoms with Gasteiger partial charge in [-0.25, -0.2) is 6.07 Å². The zero-order valence-corrected chi connectivity index (χ0v) is 13.8. The molecular weight excluding hydrogens is 268 g/mol. The molecule has 108 valence electrons. The van der Waals surface area contributed by atoms with Crippen LogP contribution in [0.4, 0.5) is 0 Å². The predicted octanol–water partition coefficient (Wildman–Crippen LogP) is 2.24. The van der Waals surface area contributed by atoms with E-state index in [2.05, 4.69) is 10.5 Å². The van der Waals surface area contributed by atoms with Crippen molar-refractivity contribution >= 4 is 0 Å². The molecule has 0 atom stereocenters. The number of aliphatic hydroxyl groups excluding tert-OH is 3. The Kier molecular flexibility index (Phi) is 32.4. The molecule has 0 unspecified atom stereocenters. The van der Waals surface area contributed by atoms with Crippen LogP contribution >= 0.6 is 0 Å². The predicted molar refractivity (Wildman–Crippen MR) is 69.6 cm³/mol. The second kappa shape index (κ2) is 22.1. The molecule has 0 fully saturated rings. The first-order valence-corrected chi connectivity index (χ1v) is 5.62. The van der Waals surface area contributed by atoms with E-state index in [-0.39, 0.29) is 40.0 Å². The third kappa shape index (κ3) is 148. The molecule has 0 saturated carbocycles. The summed E-state index contributed by atoms with van der Waals surface area (Å²) in [6, 6.07) is 4.40. The normalized spacial score (nSPS) is 8.22. The van der Waals surface area contributed by atoms with Gasteiger partial charge in [0, 0.05) is 40.0 Å². The first kappa shape index (κ1) is 26.4. The van der Waals surface area contributed by atoms with Crippen LogP contribution in [0.15, 0.2) is 23.0 Å². The molecule has 4 nitrogen and oxygen atoms in total. The molecule has 5 heteroatoms. The Balaban J connectivity index is -0.0000000719. The van der Waals surface area contributed by atoms with Gasteiger partial charge < -0.3 is 19.7 Å². The van der Waals surface area contributed by atoms with E-state index in [9.17, 15) is 0 Å². The summed E-state index contributed by atoms with van der Waals surface area (Å²) in [5, 5.41) is 24.2. The minimum Gasteiger partial charge on any atom is -0.576 e. The van der Waals surface area contributed by atoms with Crippen molar-refractivity contribution in [2.24, 2.45) is 0 Å². The number of furan rings is 1. The Morgan fingerprint density at radius 1 is 0.833 bits per heavy atom. The summed E-state index contributed by atoms with van der Waals surface area (Å²) in [5.74, 6) is 0. The first-order valence-electron chi connectivity index (χ1n) is 5.62. The molecule has 0 saturated heterocycles. The second-order valence-electron chi connectivity index (χ2n) is 4.00. The van der Waals surface area contributed by atoms with Crippen LogP contribution in [-0.4, -0.2) is 33.6 Å². The van der Waals surface area contributed by atoms with Gasteiger partial charge in [0.05, 0.1) is 0 Å². The Morgan fingerprint density at radius 2 is 1.11 bits per heavy atom. The summed E-state index contributed by atoms with van der Waals surface area (Å²) >= 11 is 0. The molecule has 0 radical (unpaired) electrons. The molecule has 0 aliphatic heterocycles. The summed E-state index contributed by atoms with van der Waals surface area (Å²) in [6.45, 7) is 10.3. The van der Waals surface area contributed by atoms with E-state index in [0.29, 0.717) is 0 Å². The van der Waals surface area contributed by atoms with Crippen molar-refractivity contribution in [2.75, 3.05) is 0 Å². The van der Waals surface area contributed by atoms with Crippen LogP contribution in [0.1, 0.15) is 41.5 Å². The molecular formula is C13H27O4Ti-. The van der Waals surface area contributed by atoms with Crippen molar-refractivity contribution in [1.82, 2.24) is 0 Å². The molecule has 0 aromatic carbocycles. The average Bonchev–Trinajstić information content (AvgIpc) is 2.53. The number of hydrogen-bond acceptors (Lipinski definition) is 4. The minimum absolute atomic E-state index is 0. The van der Waals surface area contributed by atoms with E-state index < -0.39 is 0 Å². The zero-order chi connectivity index (χ0) is 14.3. The van der Waals surface area contributed by atoms with Crippen LogP contribution in [0.2, 0.25) is 0 Å². The third-order valence-corrected chi connectivity index (χ3v) is 0.379. The van der Waals surface area contributed by atoms with E-state index in [1.807, 2.05) is 0 Å². The quantitative estimate of drug-likeness (QED) is 0.507. The summed E-state index contributed by atoms with van der Waals surface area (Å²) in [5.41, 5.74) is 0. The monoisotopic (exact) mass is 295 g/mol. The van der Waals surface area contributed by atoms with Crippen LogP contribution in [0.5, 0.6) is 0 Å². The van der Waals surface area contributed by atoms with Crippen molar-refractivity contribution in [1.29, 1.82) is 0 Å². The summed E-state index contributed by atoms with van der Waals surface area (Å²) < 4.78 is 4.53. The van der Waals surface area contributed by atoms with Gasteiger partial charge >= 0.3 is 0 Å². The summed E-state index contributed by atoms with van der Waals surface area (Å²) in [6.07, 6.45) is 2.57. The standard InChI is InChI=1S/C4H3O.3C3H8O.Ti/c1-2-4-5-3-1;3*1-3(2)4;/h1,3-4H;3*3-4H,1-2H3;/q-1;;;;. The summed E-state index contributed by atoms with van der Waals surface area (Å²) in [7, 11) is 0. The van der Waals surface area contributed by atoms with E-state index in [1.165, 1.54) is 6.26 Å². The Labute approximate surface area is 126 Å². The van der Waals surface area contributed by atoms with E-state index in [0.717, 1.165) is 0 Å². The maximum absolute atomic E-state index is 8.06. The molecule has 3 N–H and O–H groups in total. The van der Waals surface area contributed by atoms with E-state index >= 15 is 0 Å². The SMILES string of the molecule is CC(C)O.CC(C)O.CC(C)O.[Ti].[c-]1ccoc1. The van der Waals surface area contributed by atoms with Gasteiger partial charge in [0.1, 0.15) is 0 Å². The summed E-state index contributed by atoms with van der Waals surface area (Å²) in [4.78, 5) is 0. The Hall–Kier alpha value is -0.126. The maximum Gasteiger partial charge on any atom is 0.0483 e. The molecule has 0 aliphatic carbocycles. The molecule has 1 aromatic heterocycles. The van der Waals surface area contributed by atoms with Gasteiger partial charge in [-0.15, -0.1) is 0 Å². The smallest absolute Gasteiger partial charge is 0.0483 e. The molecule has 18 heavy (non-hydrogen) atoms. The molecule has 1 heterocycles. The molecule has 1 rings (SSSR count). The van der Waals surface area contributed by atoms with Crippen molar-refractivity contribution in [3.05, 3.63) is 24.7 Å². The molecule has 1 aromatic rings. The van der Waals surface area contributed by atoms with E-state index in [4.69, 9.17) is 15.3 Å². The van der Waals surface area contributed by atoms with Gasteiger partial charge in [0.25, 0.3) is 0 Å². The second-order valence-corrected chi connectivity index (χ2v) is 4.00. The first-order chi connectivity index (χ1) is 7.70. The van der Waals surface area contributed by atoms with Crippen LogP contribution in [-0.2, 0) is 21.7 Å². The fraction of sp³-hybridized carbons (Fsp3) is 0.692. The van der Waals surface area contributed by atoms with Gasteiger partial charge in [-0.2, -0.15) is 6.07 Å². The van der Waals surface area contributed by atoms with Gasteiger partial charge in [-0.1, -0.05) is 6.26 Å². The molecule has 0 bridgehead atoms. The van der Waals surface area contributed by atoms with Crippen molar-refractivity contribution in [2.45, 2.75) is 59.9 Å². The number of aliphatic hydroxyl groups is 3. The minimum atomic E-state index is -0.167. The van der Waals surface area contributed by atoms with Gasteiger partial charge in [0.2, 0.25) is 0 Å². The zero-order valence-electron chi connectivity index (χ0n) is 12.2. The Morgan fingerprint density at radius 3 is 1.17 bits per heavy atom. The molecule has 0 aliphatic rings. The van der Waals surface area contributed by atoms with Crippen molar-refractivity contribution in [3.63, 3.8) is 0 Å². The van der Waals surface area contributed by atoms with Crippen molar-refractivity contribution < 1.29 is 41.5 Å². The number of rotatable bonds is 0. The molecule has 0 amide bonds. The van der Waals surface area contributed by atoms with Gasteiger partial charge in [-0.3, -0.25) is 0 Å². The van der Waals surface area contributed by atoms with Crippen molar-refractivity contribution in [3.8, 4) is 0 Å². The largest absolute Gasteiger partial charge is 0.576 e. The third-order valence-electron chi connectivity index (χ3n) is 0.379. The van der Waals surface area contributed by atoms with Crippen LogP contribution < -0.4 is 0 Å². The fourth-order valence-electron chi connectivity index (χ4n) is 0.196. The number of hydrogen-bond donors (Lipinski definition) is 3. The average molecular weight is 295 g/mol. The van der Waals surface area contributed by atoms with Gasteiger partial charge in [0.15, 0.2) is 0 Å². The van der Waals surface area contributed by atoms with Crippen LogP contribution in [0.25, 0.3) is 0 Å². The van der Waals surface area contributed by atoms with Gasteiger partial charge in [-0.05, 0) is 47.8 Å². The fourth-order valence-corrected chi connectivity index (χ4v) is 0.196. The molecule has 0 spiro atoms. The van der Waals surface area contributed by atoms with Crippen LogP contribution in [0.3, 0.4) is 0 Å². The topological polar surface area (TPSA) is 73.8 Å². The Bertz CT molecular complexity index is 147. The maximum atomic E-state index is 8.06.